The Hall–Kier alpha value is -2.24. The first-order chi connectivity index (χ1) is 17.1. The number of hydrogen-bond acceptors (Lipinski definition) is 3. The number of halogens is 3. The first kappa shape index (κ1) is 23.2. The maximum atomic E-state index is 6.28. The van der Waals surface area contributed by atoms with Gasteiger partial charge in [0.15, 0.2) is 5.17 Å². The molecule has 6 rings (SSSR count). The molecule has 0 amide bonds. The highest BCUT2D eigenvalue weighted by Crippen LogP contribution is 2.51. The largest absolute Gasteiger partial charge is 0.308 e. The fourth-order valence-electron chi connectivity index (χ4n) is 4.95. The van der Waals surface area contributed by atoms with Crippen molar-refractivity contribution in [2.75, 3.05) is 0 Å². The van der Waals surface area contributed by atoms with Crippen molar-refractivity contribution in [3.63, 3.8) is 0 Å². The van der Waals surface area contributed by atoms with Gasteiger partial charge in [-0.2, -0.15) is 0 Å². The van der Waals surface area contributed by atoms with Crippen LogP contribution >= 0.6 is 50.9 Å². The summed E-state index contributed by atoms with van der Waals surface area (Å²) >= 11 is 17.7. The molecule has 1 unspecified atom stereocenters. The standard InChI is InChI=1S/C29H21BrCl2N2S/c30-22-10-6-19(7-11-22)26-17-35-29-33-27-21(16-18-4-12-23(31)13-5-18)2-1-3-25(27)28(34(26)29)20-8-14-24(32)15-9-20/h4-17,28H,1-3H2. The summed E-state index contributed by atoms with van der Waals surface area (Å²) < 4.78 is 1.07. The van der Waals surface area contributed by atoms with Gasteiger partial charge in [-0.3, -0.25) is 0 Å². The number of hydrogen-bond donors (Lipinski definition) is 0. The molecular formula is C29H21BrCl2N2S. The minimum atomic E-state index is 0.0774. The molecular weight excluding hydrogens is 559 g/mol. The zero-order chi connectivity index (χ0) is 23.9. The van der Waals surface area contributed by atoms with Crippen molar-refractivity contribution >= 4 is 67.8 Å². The van der Waals surface area contributed by atoms with Gasteiger partial charge in [-0.15, -0.1) is 0 Å². The van der Waals surface area contributed by atoms with Gasteiger partial charge in [0.05, 0.1) is 17.4 Å². The molecule has 0 aromatic heterocycles. The third kappa shape index (κ3) is 4.53. The Bertz CT molecular complexity index is 1400. The van der Waals surface area contributed by atoms with Gasteiger partial charge in [0.1, 0.15) is 0 Å². The lowest BCUT2D eigenvalue weighted by Gasteiger charge is -2.40. The van der Waals surface area contributed by atoms with Crippen molar-refractivity contribution in [2.45, 2.75) is 25.3 Å². The van der Waals surface area contributed by atoms with E-state index >= 15 is 0 Å². The summed E-state index contributed by atoms with van der Waals surface area (Å²) in [4.78, 5) is 7.65. The van der Waals surface area contributed by atoms with Crippen molar-refractivity contribution in [1.82, 2.24) is 4.90 Å². The van der Waals surface area contributed by atoms with Crippen LogP contribution in [0.15, 0.2) is 105 Å². The van der Waals surface area contributed by atoms with E-state index in [0.29, 0.717) is 0 Å². The molecule has 0 radical (unpaired) electrons. The van der Waals surface area contributed by atoms with Crippen LogP contribution < -0.4 is 0 Å². The van der Waals surface area contributed by atoms with Crippen LogP contribution in [0.3, 0.4) is 0 Å². The van der Waals surface area contributed by atoms with Crippen LogP contribution in [-0.2, 0) is 0 Å². The first-order valence-corrected chi connectivity index (χ1v) is 14.0. The highest BCUT2D eigenvalue weighted by atomic mass is 79.9. The molecule has 1 atom stereocenters. The quantitative estimate of drug-likeness (QED) is 0.307. The minimum absolute atomic E-state index is 0.0774. The Balaban J connectivity index is 1.48. The average Bonchev–Trinajstić information content (AvgIpc) is 3.29. The van der Waals surface area contributed by atoms with Crippen molar-refractivity contribution in [2.24, 2.45) is 4.99 Å². The smallest absolute Gasteiger partial charge is 0.174 e. The van der Waals surface area contributed by atoms with E-state index in [1.54, 1.807) is 11.8 Å². The lowest BCUT2D eigenvalue weighted by atomic mass is 9.83. The highest BCUT2D eigenvalue weighted by molar-refractivity contribution is 9.10. The fourth-order valence-corrected chi connectivity index (χ4v) is 6.40. The van der Waals surface area contributed by atoms with Gasteiger partial charge in [0.25, 0.3) is 0 Å². The van der Waals surface area contributed by atoms with E-state index in [2.05, 4.69) is 80.8 Å². The summed E-state index contributed by atoms with van der Waals surface area (Å²) in [6.07, 6.45) is 5.41. The van der Waals surface area contributed by atoms with Gasteiger partial charge < -0.3 is 4.90 Å². The third-order valence-corrected chi connectivity index (χ3v) is 8.45. The SMILES string of the molecule is Clc1ccc(C=C2CCCC3=C2N=C2SC=C(c4ccc(Br)cc4)N2C3c2ccc(Cl)cc2)cc1. The lowest BCUT2D eigenvalue weighted by Crippen LogP contribution is -2.34. The van der Waals surface area contributed by atoms with Gasteiger partial charge in [-0.05, 0) is 89.6 Å². The van der Waals surface area contributed by atoms with Gasteiger partial charge in [-0.1, -0.05) is 87.3 Å². The number of benzene rings is 3. The molecule has 0 fully saturated rings. The monoisotopic (exact) mass is 578 g/mol. The van der Waals surface area contributed by atoms with Crippen molar-refractivity contribution < 1.29 is 0 Å². The molecule has 2 heterocycles. The normalized spacial score (nSPS) is 20.5. The number of fused-ring (bicyclic) bond motifs is 1. The predicted molar refractivity (Wildman–Crippen MR) is 153 cm³/mol. The molecule has 0 N–H and O–H groups in total. The summed E-state index contributed by atoms with van der Waals surface area (Å²) in [5, 5.41) is 4.75. The van der Waals surface area contributed by atoms with E-state index in [9.17, 15) is 0 Å². The molecule has 2 nitrogen and oxygen atoms in total. The molecule has 3 aromatic rings. The molecule has 0 saturated carbocycles. The van der Waals surface area contributed by atoms with Gasteiger partial charge in [-0.25, -0.2) is 4.99 Å². The second-order valence-electron chi connectivity index (χ2n) is 8.79. The van der Waals surface area contributed by atoms with Crippen molar-refractivity contribution in [1.29, 1.82) is 0 Å². The van der Waals surface area contributed by atoms with E-state index in [0.717, 1.165) is 50.2 Å². The Kier molecular flexibility index (Phi) is 6.40. The van der Waals surface area contributed by atoms with E-state index in [4.69, 9.17) is 28.2 Å². The molecule has 35 heavy (non-hydrogen) atoms. The number of amidine groups is 1. The number of nitrogens with zero attached hydrogens (tertiary/aromatic N) is 2. The summed E-state index contributed by atoms with van der Waals surface area (Å²) in [7, 11) is 0. The molecule has 0 saturated heterocycles. The van der Waals surface area contributed by atoms with E-state index in [1.807, 2.05) is 24.3 Å². The van der Waals surface area contributed by atoms with Crippen LogP contribution in [0.1, 0.15) is 42.0 Å². The second kappa shape index (κ2) is 9.67. The zero-order valence-electron chi connectivity index (χ0n) is 18.7. The van der Waals surface area contributed by atoms with Crippen molar-refractivity contribution in [3.05, 3.63) is 126 Å². The van der Waals surface area contributed by atoms with Crippen molar-refractivity contribution in [3.8, 4) is 0 Å². The van der Waals surface area contributed by atoms with Crippen LogP contribution in [0, 0.1) is 0 Å². The maximum Gasteiger partial charge on any atom is 0.174 e. The van der Waals surface area contributed by atoms with E-state index in [-0.39, 0.29) is 6.04 Å². The average molecular weight is 580 g/mol. The molecule has 0 bridgehead atoms. The predicted octanol–water partition coefficient (Wildman–Crippen LogP) is 9.74. The summed E-state index contributed by atoms with van der Waals surface area (Å²) in [6, 6.07) is 24.9. The molecule has 174 valence electrons. The Labute approximate surface area is 228 Å². The Morgan fingerprint density at radius 3 is 2.29 bits per heavy atom. The summed E-state index contributed by atoms with van der Waals surface area (Å²) in [5.41, 5.74) is 8.54. The number of allylic oxidation sites excluding steroid dienone is 1. The minimum Gasteiger partial charge on any atom is -0.308 e. The number of thioether (sulfide) groups is 1. The third-order valence-electron chi connectivity index (χ3n) is 6.57. The van der Waals surface area contributed by atoms with E-state index < -0.39 is 0 Å². The summed E-state index contributed by atoms with van der Waals surface area (Å²) in [6.45, 7) is 0. The molecule has 3 aromatic carbocycles. The van der Waals surface area contributed by atoms with Gasteiger partial charge in [0.2, 0.25) is 0 Å². The fraction of sp³-hybridized carbons (Fsp3) is 0.138. The number of rotatable bonds is 3. The Morgan fingerprint density at radius 2 is 1.57 bits per heavy atom. The molecule has 6 heteroatoms. The number of aliphatic imine (C=N–C) groups is 1. The Morgan fingerprint density at radius 1 is 0.886 bits per heavy atom. The van der Waals surface area contributed by atoms with Crippen LogP contribution in [0.25, 0.3) is 11.8 Å². The highest BCUT2D eigenvalue weighted by Gasteiger charge is 2.40. The molecule has 3 aliphatic rings. The molecule has 1 aliphatic carbocycles. The first-order valence-electron chi connectivity index (χ1n) is 11.5. The second-order valence-corrected chi connectivity index (χ2v) is 11.4. The zero-order valence-corrected chi connectivity index (χ0v) is 22.6. The van der Waals surface area contributed by atoms with Gasteiger partial charge in [0, 0.05) is 19.9 Å². The van der Waals surface area contributed by atoms with Crippen LogP contribution in [0.5, 0.6) is 0 Å². The van der Waals surface area contributed by atoms with Gasteiger partial charge >= 0.3 is 0 Å². The molecule has 0 spiro atoms. The maximum absolute atomic E-state index is 6.28. The summed E-state index contributed by atoms with van der Waals surface area (Å²) in [5.74, 6) is 0. The van der Waals surface area contributed by atoms with Crippen LogP contribution in [-0.4, -0.2) is 10.1 Å². The molecule has 2 aliphatic heterocycles. The topological polar surface area (TPSA) is 15.6 Å². The van der Waals surface area contributed by atoms with E-state index in [1.165, 1.54) is 28.0 Å². The van der Waals surface area contributed by atoms with Crippen LogP contribution in [0.4, 0.5) is 0 Å². The lowest BCUT2D eigenvalue weighted by molar-refractivity contribution is 0.458. The van der Waals surface area contributed by atoms with Crippen LogP contribution in [0.2, 0.25) is 10.0 Å².